The summed E-state index contributed by atoms with van der Waals surface area (Å²) in [6.45, 7) is 6.06. The number of aliphatic imine (C=N–C) groups is 1. The van der Waals surface area contributed by atoms with Gasteiger partial charge < -0.3 is 5.32 Å². The smallest absolute Gasteiger partial charge is 0.278 e. The Balaban J connectivity index is 2.23. The van der Waals surface area contributed by atoms with Gasteiger partial charge in [0.05, 0.1) is 17.2 Å². The lowest BCUT2D eigenvalue weighted by Crippen LogP contribution is -2.24. The third-order valence-electron chi connectivity index (χ3n) is 4.17. The molecule has 0 amide bonds. The topological polar surface area (TPSA) is 88.0 Å². The largest absolute Gasteiger partial charge is 0.339 e. The lowest BCUT2D eigenvalue weighted by atomic mass is 9.91. The molecule has 0 aromatic carbocycles. The van der Waals surface area contributed by atoms with Crippen molar-refractivity contribution in [3.63, 3.8) is 0 Å². The maximum Gasteiger partial charge on any atom is 0.278 e. The number of rotatable bonds is 4. The lowest BCUT2D eigenvalue weighted by Gasteiger charge is -2.21. The van der Waals surface area contributed by atoms with Crippen LogP contribution in [-0.4, -0.2) is 32.3 Å². The molecular formula is C17H20N6OS. The van der Waals surface area contributed by atoms with Gasteiger partial charge in [-0.05, 0) is 39.2 Å². The van der Waals surface area contributed by atoms with Crippen molar-refractivity contribution < 1.29 is 0 Å². The van der Waals surface area contributed by atoms with Gasteiger partial charge in [0.15, 0.2) is 11.3 Å². The summed E-state index contributed by atoms with van der Waals surface area (Å²) in [6, 6.07) is 7.79. The Hall–Kier alpha value is -2.53. The highest BCUT2D eigenvalue weighted by atomic mass is 32.2. The molecule has 1 N–H and O–H groups in total. The summed E-state index contributed by atoms with van der Waals surface area (Å²) in [7, 11) is 0. The summed E-state index contributed by atoms with van der Waals surface area (Å²) >= 11 is 1.55. The zero-order valence-corrected chi connectivity index (χ0v) is 15.5. The van der Waals surface area contributed by atoms with Crippen LogP contribution in [0, 0.1) is 11.3 Å². The van der Waals surface area contributed by atoms with Gasteiger partial charge in [-0.15, -0.1) is 11.8 Å². The molecule has 2 aromatic rings. The van der Waals surface area contributed by atoms with Gasteiger partial charge >= 0.3 is 0 Å². The van der Waals surface area contributed by atoms with E-state index in [0.29, 0.717) is 29.4 Å². The van der Waals surface area contributed by atoms with E-state index < -0.39 is 5.41 Å². The summed E-state index contributed by atoms with van der Waals surface area (Å²) < 4.78 is 3.40. The molecule has 7 nitrogen and oxygen atoms in total. The SMILES string of the molecule is CCn1c(=O)c2c(n1-c1cccc(C(C)(C)C#N)n1)NC(SC)N=C2. The minimum Gasteiger partial charge on any atom is -0.339 e. The van der Waals surface area contributed by atoms with Crippen LogP contribution >= 0.6 is 11.8 Å². The van der Waals surface area contributed by atoms with E-state index >= 15 is 0 Å². The van der Waals surface area contributed by atoms with Gasteiger partial charge in [-0.2, -0.15) is 5.26 Å². The number of fused-ring (bicyclic) bond motifs is 1. The normalized spacial score (nSPS) is 16.2. The van der Waals surface area contributed by atoms with Crippen molar-refractivity contribution in [1.82, 2.24) is 14.3 Å². The molecule has 3 rings (SSSR count). The Labute approximate surface area is 150 Å². The van der Waals surface area contributed by atoms with Crippen LogP contribution in [0.15, 0.2) is 28.0 Å². The van der Waals surface area contributed by atoms with Crippen LogP contribution in [0.3, 0.4) is 0 Å². The second-order valence-electron chi connectivity index (χ2n) is 6.22. The minimum absolute atomic E-state index is 0.111. The summed E-state index contributed by atoms with van der Waals surface area (Å²) in [5.41, 5.74) is 0.219. The highest BCUT2D eigenvalue weighted by Gasteiger charge is 2.27. The predicted octanol–water partition coefficient (Wildman–Crippen LogP) is 2.35. The van der Waals surface area contributed by atoms with Crippen LogP contribution in [0.4, 0.5) is 5.82 Å². The van der Waals surface area contributed by atoms with E-state index in [-0.39, 0.29) is 11.1 Å². The van der Waals surface area contributed by atoms with E-state index in [0.717, 1.165) is 0 Å². The number of anilines is 1. The molecule has 1 aliphatic rings. The van der Waals surface area contributed by atoms with Crippen LogP contribution in [0.2, 0.25) is 0 Å². The standard InChI is InChI=1S/C17H20N6OS/c1-5-22-15(24)11-9-19-16(25-4)21-14(11)23(22)13-8-6-7-12(20-13)17(2,3)10-18/h6-9,16,21H,5H2,1-4H3. The summed E-state index contributed by atoms with van der Waals surface area (Å²) in [4.78, 5) is 21.7. The number of nitrogens with zero attached hydrogens (tertiary/aromatic N) is 5. The number of pyridine rings is 1. The molecule has 0 aliphatic carbocycles. The van der Waals surface area contributed by atoms with Crippen LogP contribution in [0.1, 0.15) is 32.0 Å². The number of hydrogen-bond acceptors (Lipinski definition) is 6. The molecule has 0 bridgehead atoms. The molecular weight excluding hydrogens is 336 g/mol. The van der Waals surface area contributed by atoms with Gasteiger partial charge in [-0.3, -0.25) is 9.79 Å². The fourth-order valence-electron chi connectivity index (χ4n) is 2.71. The fraction of sp³-hybridized carbons (Fsp3) is 0.412. The molecule has 8 heteroatoms. The molecule has 0 saturated heterocycles. The fourth-order valence-corrected chi connectivity index (χ4v) is 3.12. The van der Waals surface area contributed by atoms with Gasteiger partial charge in [0.1, 0.15) is 11.4 Å². The quantitative estimate of drug-likeness (QED) is 0.908. The summed E-state index contributed by atoms with van der Waals surface area (Å²) in [5, 5.41) is 12.7. The van der Waals surface area contributed by atoms with Crippen molar-refractivity contribution in [2.75, 3.05) is 11.6 Å². The van der Waals surface area contributed by atoms with E-state index in [4.69, 9.17) is 0 Å². The van der Waals surface area contributed by atoms with Gasteiger partial charge in [0.2, 0.25) is 0 Å². The molecule has 2 aromatic heterocycles. The first-order valence-electron chi connectivity index (χ1n) is 8.00. The van der Waals surface area contributed by atoms with E-state index in [9.17, 15) is 10.1 Å². The van der Waals surface area contributed by atoms with Gasteiger partial charge in [0, 0.05) is 12.8 Å². The average Bonchev–Trinajstić information content (AvgIpc) is 2.93. The van der Waals surface area contributed by atoms with E-state index in [1.165, 1.54) is 0 Å². The first kappa shape index (κ1) is 17.3. The third-order valence-corrected chi connectivity index (χ3v) is 4.85. The maximum atomic E-state index is 12.7. The predicted molar refractivity (Wildman–Crippen MR) is 101 cm³/mol. The molecule has 1 unspecified atom stereocenters. The Morgan fingerprint density at radius 2 is 2.20 bits per heavy atom. The van der Waals surface area contributed by atoms with Gasteiger partial charge in [-0.25, -0.2) is 14.3 Å². The monoisotopic (exact) mass is 356 g/mol. The summed E-state index contributed by atoms with van der Waals surface area (Å²) in [6.07, 6.45) is 3.58. The molecule has 0 spiro atoms. The molecule has 1 atom stereocenters. The second-order valence-corrected chi connectivity index (χ2v) is 7.14. The Morgan fingerprint density at radius 3 is 2.84 bits per heavy atom. The van der Waals surface area contributed by atoms with Gasteiger partial charge in [-0.1, -0.05) is 6.07 Å². The number of nitrogens with one attached hydrogen (secondary N) is 1. The van der Waals surface area contributed by atoms with Crippen molar-refractivity contribution in [2.24, 2.45) is 4.99 Å². The maximum absolute atomic E-state index is 12.7. The average molecular weight is 356 g/mol. The number of aromatic nitrogens is 3. The van der Waals surface area contributed by atoms with E-state index in [2.05, 4.69) is 21.4 Å². The molecule has 3 heterocycles. The Bertz CT molecular complexity index is 934. The van der Waals surface area contributed by atoms with Crippen molar-refractivity contribution >= 4 is 23.8 Å². The molecule has 0 fully saturated rings. The highest BCUT2D eigenvalue weighted by molar-refractivity contribution is 7.99. The molecule has 0 radical (unpaired) electrons. The van der Waals surface area contributed by atoms with Crippen molar-refractivity contribution in [1.29, 1.82) is 5.26 Å². The lowest BCUT2D eigenvalue weighted by molar-refractivity contribution is 0.556. The highest BCUT2D eigenvalue weighted by Crippen LogP contribution is 2.26. The number of nitriles is 1. The van der Waals surface area contributed by atoms with Crippen LogP contribution < -0.4 is 10.9 Å². The first-order chi connectivity index (χ1) is 11.9. The summed E-state index contributed by atoms with van der Waals surface area (Å²) in [5.74, 6) is 1.28. The number of hydrogen-bond donors (Lipinski definition) is 1. The van der Waals surface area contributed by atoms with Gasteiger partial charge in [0.25, 0.3) is 5.56 Å². The molecule has 25 heavy (non-hydrogen) atoms. The van der Waals surface area contributed by atoms with Crippen molar-refractivity contribution in [2.45, 2.75) is 38.2 Å². The second kappa shape index (κ2) is 6.41. The van der Waals surface area contributed by atoms with E-state index in [1.54, 1.807) is 27.3 Å². The first-order valence-corrected chi connectivity index (χ1v) is 9.29. The molecule has 130 valence electrons. The Kier molecular flexibility index (Phi) is 4.43. The van der Waals surface area contributed by atoms with Crippen LogP contribution in [0.25, 0.3) is 5.82 Å². The van der Waals surface area contributed by atoms with Crippen LogP contribution in [-0.2, 0) is 12.0 Å². The zero-order valence-electron chi connectivity index (χ0n) is 14.6. The Morgan fingerprint density at radius 1 is 1.44 bits per heavy atom. The molecule has 1 aliphatic heterocycles. The zero-order chi connectivity index (χ0) is 18.2. The molecule has 0 saturated carbocycles. The van der Waals surface area contributed by atoms with Crippen molar-refractivity contribution in [3.05, 3.63) is 39.8 Å². The minimum atomic E-state index is -0.711. The van der Waals surface area contributed by atoms with E-state index in [1.807, 2.05) is 45.2 Å². The number of thioether (sulfide) groups is 1. The van der Waals surface area contributed by atoms with Crippen molar-refractivity contribution in [3.8, 4) is 11.9 Å². The van der Waals surface area contributed by atoms with Crippen LogP contribution in [0.5, 0.6) is 0 Å². The third kappa shape index (κ3) is 2.85.